The van der Waals surface area contributed by atoms with E-state index in [2.05, 4.69) is 12.6 Å². The Kier molecular flexibility index (Phi) is 1.36. The Morgan fingerprint density at radius 2 is 2.23 bits per heavy atom. The highest BCUT2D eigenvalue weighted by Crippen LogP contribution is 2.54. The lowest BCUT2D eigenvalue weighted by atomic mass is 9.86. The van der Waals surface area contributed by atoms with Gasteiger partial charge >= 0.3 is 0 Å². The van der Waals surface area contributed by atoms with Crippen molar-refractivity contribution in [3.05, 3.63) is 0 Å². The number of rotatable bonds is 0. The molecule has 4 nitrogen and oxygen atoms in total. The molecule has 6 heteroatoms. The molecule has 74 valence electrons. The first-order valence-corrected chi connectivity index (χ1v) is 6.22. The largest absolute Gasteiger partial charge is 0.369 e. The second-order valence-corrected chi connectivity index (χ2v) is 6.39. The van der Waals surface area contributed by atoms with Crippen LogP contribution in [-0.4, -0.2) is 36.7 Å². The topological polar surface area (TPSA) is 52.6 Å². The summed E-state index contributed by atoms with van der Waals surface area (Å²) in [5.74, 6) is 0. The quantitative estimate of drug-likeness (QED) is 0.461. The molecule has 5 atom stereocenters. The average molecular weight is 222 g/mol. The number of fused-ring (bicyclic) bond motifs is 1. The molecule has 0 amide bonds. The summed E-state index contributed by atoms with van der Waals surface area (Å²) in [6.45, 7) is 1.77. The second-order valence-electron chi connectivity index (χ2n) is 4.07. The van der Waals surface area contributed by atoms with Crippen LogP contribution in [0.15, 0.2) is 0 Å². The van der Waals surface area contributed by atoms with Gasteiger partial charge in [0, 0.05) is 0 Å². The van der Waals surface area contributed by atoms with Gasteiger partial charge in [-0.15, -0.1) is 0 Å². The lowest BCUT2D eigenvalue weighted by molar-refractivity contribution is 0.0374. The monoisotopic (exact) mass is 222 g/mol. The van der Waals surface area contributed by atoms with E-state index < -0.39 is 21.0 Å². The van der Waals surface area contributed by atoms with Crippen molar-refractivity contribution in [1.29, 1.82) is 0 Å². The van der Waals surface area contributed by atoms with Crippen LogP contribution in [0.1, 0.15) is 13.3 Å². The van der Waals surface area contributed by atoms with E-state index in [-0.39, 0.29) is 17.5 Å². The molecule has 3 aliphatic heterocycles. The minimum Gasteiger partial charge on any atom is -0.369 e. The lowest BCUT2D eigenvalue weighted by Gasteiger charge is -2.26. The molecule has 0 aromatic heterocycles. The van der Waals surface area contributed by atoms with Gasteiger partial charge in [0.15, 0.2) is 0 Å². The highest BCUT2D eigenvalue weighted by Gasteiger charge is 2.71. The fourth-order valence-electron chi connectivity index (χ4n) is 2.61. The molecule has 0 spiro atoms. The van der Waals surface area contributed by atoms with Gasteiger partial charge in [0.1, 0.15) is 17.0 Å². The predicted octanol–water partition coefficient (Wildman–Crippen LogP) is -0.0568. The zero-order valence-corrected chi connectivity index (χ0v) is 8.72. The van der Waals surface area contributed by atoms with E-state index in [9.17, 15) is 8.42 Å². The number of thiol groups is 1. The van der Waals surface area contributed by atoms with Crippen LogP contribution >= 0.6 is 12.6 Å². The van der Waals surface area contributed by atoms with Crippen LogP contribution in [0.4, 0.5) is 0 Å². The molecule has 0 radical (unpaired) electrons. The highest BCUT2D eigenvalue weighted by molar-refractivity contribution is 7.88. The van der Waals surface area contributed by atoms with Crippen LogP contribution in [0.2, 0.25) is 0 Å². The molecule has 3 rings (SSSR count). The van der Waals surface area contributed by atoms with Gasteiger partial charge in [-0.05, 0) is 13.3 Å². The zero-order valence-electron chi connectivity index (χ0n) is 7.00. The zero-order chi connectivity index (χ0) is 9.43. The van der Waals surface area contributed by atoms with Crippen LogP contribution in [0, 0.1) is 0 Å². The minimum absolute atomic E-state index is 0.0550. The van der Waals surface area contributed by atoms with Crippen molar-refractivity contribution in [3.8, 4) is 0 Å². The van der Waals surface area contributed by atoms with Crippen molar-refractivity contribution in [2.45, 2.75) is 41.7 Å². The van der Waals surface area contributed by atoms with Crippen LogP contribution in [0.25, 0.3) is 0 Å². The van der Waals surface area contributed by atoms with Crippen molar-refractivity contribution in [3.63, 3.8) is 0 Å². The first kappa shape index (κ1) is 8.52. The second kappa shape index (κ2) is 2.08. The number of ether oxygens (including phenoxy) is 1. The number of hydrogen-bond donors (Lipinski definition) is 1. The van der Waals surface area contributed by atoms with E-state index in [1.807, 2.05) is 0 Å². The maximum Gasteiger partial charge on any atom is 0.273 e. The third-order valence-corrected chi connectivity index (χ3v) is 5.91. The van der Waals surface area contributed by atoms with Crippen molar-refractivity contribution >= 4 is 22.7 Å². The third kappa shape index (κ3) is 0.789. The Hall–Kier alpha value is 0.220. The van der Waals surface area contributed by atoms with Crippen LogP contribution in [-0.2, 0) is 19.0 Å². The normalized spacial score (nSPS) is 61.7. The summed E-state index contributed by atoms with van der Waals surface area (Å²) in [6, 6.07) is 0. The van der Waals surface area contributed by atoms with Gasteiger partial charge in [-0.2, -0.15) is 21.0 Å². The van der Waals surface area contributed by atoms with Crippen LogP contribution < -0.4 is 0 Å². The van der Waals surface area contributed by atoms with E-state index in [0.29, 0.717) is 6.42 Å². The summed E-state index contributed by atoms with van der Waals surface area (Å²) < 4.78 is 33.6. The molecule has 5 unspecified atom stereocenters. The summed E-state index contributed by atoms with van der Waals surface area (Å²) in [6.07, 6.45) is 0.183. The lowest BCUT2D eigenvalue weighted by Crippen LogP contribution is -2.45. The Morgan fingerprint density at radius 3 is 2.77 bits per heavy atom. The van der Waals surface area contributed by atoms with Gasteiger partial charge in [0.25, 0.3) is 10.1 Å². The van der Waals surface area contributed by atoms with E-state index in [0.717, 1.165) is 0 Å². The summed E-state index contributed by atoms with van der Waals surface area (Å²) in [4.78, 5) is 0. The molecule has 0 aromatic rings. The van der Waals surface area contributed by atoms with E-state index in [1.165, 1.54) is 0 Å². The van der Waals surface area contributed by atoms with Gasteiger partial charge in [0.05, 0.1) is 11.4 Å². The van der Waals surface area contributed by atoms with Crippen molar-refractivity contribution in [1.82, 2.24) is 0 Å². The van der Waals surface area contributed by atoms with Crippen molar-refractivity contribution in [2.75, 3.05) is 0 Å². The van der Waals surface area contributed by atoms with E-state index >= 15 is 0 Å². The molecule has 3 saturated heterocycles. The first-order chi connectivity index (χ1) is 5.95. The first-order valence-electron chi connectivity index (χ1n) is 4.23. The predicted molar refractivity (Wildman–Crippen MR) is 48.2 cm³/mol. The van der Waals surface area contributed by atoms with Crippen molar-refractivity contribution < 1.29 is 17.3 Å². The minimum atomic E-state index is -3.40. The molecule has 3 heterocycles. The summed E-state index contributed by atoms with van der Waals surface area (Å²) in [5.41, 5.74) is -0.727. The molecule has 13 heavy (non-hydrogen) atoms. The summed E-state index contributed by atoms with van der Waals surface area (Å²) in [7, 11) is -3.40. The Morgan fingerprint density at radius 1 is 1.54 bits per heavy atom. The highest BCUT2D eigenvalue weighted by atomic mass is 32.2. The molecule has 0 aromatic carbocycles. The van der Waals surface area contributed by atoms with Crippen LogP contribution in [0.5, 0.6) is 0 Å². The standard InChI is InChI=1S/C7H10O4S2/c1-7-5-4(13(8,9)11-7)2-3(10-5)6(7)12/h3-6,12H,2H2,1H3. The molecule has 0 aliphatic carbocycles. The molecule has 3 aliphatic rings. The SMILES string of the molecule is CC12OS(=O)(=O)C3CC(OC31)C2S. The van der Waals surface area contributed by atoms with E-state index in [1.54, 1.807) is 6.92 Å². The maximum atomic E-state index is 11.5. The van der Waals surface area contributed by atoms with Crippen molar-refractivity contribution in [2.24, 2.45) is 0 Å². The average Bonchev–Trinajstić information content (AvgIpc) is 2.55. The van der Waals surface area contributed by atoms with Gasteiger partial charge < -0.3 is 4.74 Å². The van der Waals surface area contributed by atoms with Crippen LogP contribution in [0.3, 0.4) is 0 Å². The van der Waals surface area contributed by atoms with Gasteiger partial charge in [-0.3, -0.25) is 4.18 Å². The fraction of sp³-hybridized carbons (Fsp3) is 1.00. The molecule has 2 bridgehead atoms. The molecule has 3 fully saturated rings. The Balaban J connectivity index is 2.18. The van der Waals surface area contributed by atoms with Gasteiger partial charge in [-0.25, -0.2) is 0 Å². The molecule has 0 saturated carbocycles. The van der Waals surface area contributed by atoms with Gasteiger partial charge in [-0.1, -0.05) is 0 Å². The number of hydrogen-bond acceptors (Lipinski definition) is 5. The third-order valence-electron chi connectivity index (χ3n) is 3.29. The Labute approximate surface area is 82.1 Å². The molecular formula is C7H10O4S2. The summed E-state index contributed by atoms with van der Waals surface area (Å²) in [5, 5.41) is -0.572. The smallest absolute Gasteiger partial charge is 0.273 e. The summed E-state index contributed by atoms with van der Waals surface area (Å²) >= 11 is 4.35. The molecular weight excluding hydrogens is 212 g/mol. The maximum absolute atomic E-state index is 11.5. The fourth-order valence-corrected chi connectivity index (χ4v) is 4.96. The molecule has 0 N–H and O–H groups in total. The Bertz CT molecular complexity index is 365. The van der Waals surface area contributed by atoms with Gasteiger partial charge in [0.2, 0.25) is 0 Å². The van der Waals surface area contributed by atoms with E-state index in [4.69, 9.17) is 8.92 Å².